The van der Waals surface area contributed by atoms with Crippen LogP contribution in [0.2, 0.25) is 0 Å². The highest BCUT2D eigenvalue weighted by Crippen LogP contribution is 2.24. The number of piperidine rings is 1. The van der Waals surface area contributed by atoms with Gasteiger partial charge in [-0.2, -0.15) is 0 Å². The Bertz CT molecular complexity index is 732. The summed E-state index contributed by atoms with van der Waals surface area (Å²) in [4.78, 5) is 39.6. The number of nitrogens with zero attached hydrogens (tertiary/aromatic N) is 2. The minimum Gasteiger partial charge on any atom is -0.341 e. The van der Waals surface area contributed by atoms with E-state index in [-0.39, 0.29) is 24.2 Å². The molecule has 27 heavy (non-hydrogen) atoms. The van der Waals surface area contributed by atoms with Gasteiger partial charge in [-0.15, -0.1) is 0 Å². The van der Waals surface area contributed by atoms with Crippen LogP contribution in [0.1, 0.15) is 38.7 Å². The molecule has 1 N–H and O–H groups in total. The van der Waals surface area contributed by atoms with Crippen LogP contribution in [-0.4, -0.2) is 52.8 Å². The molecule has 0 aromatic heterocycles. The van der Waals surface area contributed by atoms with E-state index in [2.05, 4.69) is 5.32 Å². The number of likely N-dealkylation sites (tertiary alicyclic amines) is 1. The monoisotopic (exact) mass is 375 g/mol. The highest BCUT2D eigenvalue weighted by molar-refractivity contribution is 6.07. The maximum Gasteiger partial charge on any atom is 0.325 e. The second-order valence-corrected chi connectivity index (χ2v) is 7.92. The molecule has 0 radical (unpaired) electrons. The Morgan fingerprint density at radius 2 is 1.96 bits per heavy atom. The number of benzene rings is 1. The van der Waals surface area contributed by atoms with E-state index in [1.165, 1.54) is 17.0 Å². The molecule has 3 rings (SSSR count). The van der Waals surface area contributed by atoms with E-state index >= 15 is 0 Å². The molecule has 2 aliphatic heterocycles. The van der Waals surface area contributed by atoms with Crippen molar-refractivity contribution in [1.82, 2.24) is 15.1 Å². The fourth-order valence-corrected chi connectivity index (χ4v) is 3.75. The lowest BCUT2D eigenvalue weighted by Gasteiger charge is -2.35. The molecule has 0 aliphatic carbocycles. The van der Waals surface area contributed by atoms with E-state index < -0.39 is 11.6 Å². The van der Waals surface area contributed by atoms with Gasteiger partial charge in [0.1, 0.15) is 17.9 Å². The van der Waals surface area contributed by atoms with E-state index in [1.807, 2.05) is 0 Å². The summed E-state index contributed by atoms with van der Waals surface area (Å²) < 4.78 is 13.0. The van der Waals surface area contributed by atoms with E-state index in [9.17, 15) is 18.8 Å². The summed E-state index contributed by atoms with van der Waals surface area (Å²) in [5.41, 5.74) is 0.0821. The van der Waals surface area contributed by atoms with E-state index in [0.29, 0.717) is 19.0 Å². The second kappa shape index (κ2) is 7.66. The van der Waals surface area contributed by atoms with Crippen LogP contribution in [-0.2, 0) is 16.0 Å². The molecule has 6 nitrogen and oxygen atoms in total. The van der Waals surface area contributed by atoms with Gasteiger partial charge in [-0.1, -0.05) is 12.1 Å². The molecule has 2 aliphatic rings. The van der Waals surface area contributed by atoms with Crippen LogP contribution in [0.25, 0.3) is 0 Å². The van der Waals surface area contributed by atoms with Crippen molar-refractivity contribution in [2.75, 3.05) is 19.6 Å². The molecular weight excluding hydrogens is 349 g/mol. The van der Waals surface area contributed by atoms with Crippen LogP contribution in [0, 0.1) is 11.7 Å². The maximum absolute atomic E-state index is 13.0. The summed E-state index contributed by atoms with van der Waals surface area (Å²) in [6.45, 7) is 4.53. The highest BCUT2D eigenvalue weighted by Gasteiger charge is 2.46. The number of rotatable bonds is 5. The number of hydrogen-bond acceptors (Lipinski definition) is 3. The fraction of sp³-hybridized carbons (Fsp3) is 0.550. The number of carbonyl (C=O) groups is 3. The van der Waals surface area contributed by atoms with Crippen molar-refractivity contribution in [1.29, 1.82) is 0 Å². The Morgan fingerprint density at radius 3 is 2.59 bits per heavy atom. The molecule has 0 bridgehead atoms. The Morgan fingerprint density at radius 1 is 1.26 bits per heavy atom. The first-order valence-electron chi connectivity index (χ1n) is 9.42. The lowest BCUT2D eigenvalue weighted by atomic mass is 9.91. The number of aryl methyl sites for hydroxylation is 1. The summed E-state index contributed by atoms with van der Waals surface area (Å²) in [5.74, 6) is -0.356. The quantitative estimate of drug-likeness (QED) is 0.803. The lowest BCUT2D eigenvalue weighted by Crippen LogP contribution is -2.51. The van der Waals surface area contributed by atoms with E-state index in [4.69, 9.17) is 0 Å². The summed E-state index contributed by atoms with van der Waals surface area (Å²) >= 11 is 0. The van der Waals surface area contributed by atoms with Crippen LogP contribution >= 0.6 is 0 Å². The molecule has 2 saturated heterocycles. The molecule has 1 aromatic carbocycles. The van der Waals surface area contributed by atoms with Crippen molar-refractivity contribution in [2.45, 2.75) is 45.1 Å². The summed E-state index contributed by atoms with van der Waals surface area (Å²) in [6.07, 6.45) is 3.76. The first-order valence-corrected chi connectivity index (χ1v) is 9.42. The van der Waals surface area contributed by atoms with Crippen molar-refractivity contribution < 1.29 is 18.8 Å². The second-order valence-electron chi connectivity index (χ2n) is 7.92. The zero-order valence-corrected chi connectivity index (χ0v) is 15.8. The predicted octanol–water partition coefficient (Wildman–Crippen LogP) is 2.33. The number of amides is 4. The Balaban J connectivity index is 1.54. The number of halogens is 1. The summed E-state index contributed by atoms with van der Waals surface area (Å²) in [5, 5.41) is 2.27. The van der Waals surface area contributed by atoms with Crippen molar-refractivity contribution in [3.63, 3.8) is 0 Å². The van der Waals surface area contributed by atoms with Gasteiger partial charge >= 0.3 is 6.03 Å². The van der Waals surface area contributed by atoms with Gasteiger partial charge in [0.15, 0.2) is 0 Å². The number of nitrogens with one attached hydrogen (secondary N) is 1. The van der Waals surface area contributed by atoms with Crippen LogP contribution in [0.5, 0.6) is 0 Å². The van der Waals surface area contributed by atoms with Crippen LogP contribution in [0.4, 0.5) is 9.18 Å². The van der Waals surface area contributed by atoms with Crippen molar-refractivity contribution in [3.05, 3.63) is 35.6 Å². The highest BCUT2D eigenvalue weighted by atomic mass is 19.1. The largest absolute Gasteiger partial charge is 0.341 e. The van der Waals surface area contributed by atoms with Crippen LogP contribution in [0.15, 0.2) is 24.3 Å². The zero-order valence-electron chi connectivity index (χ0n) is 15.8. The van der Waals surface area contributed by atoms with Crippen molar-refractivity contribution in [3.8, 4) is 0 Å². The third-order valence-electron chi connectivity index (χ3n) is 5.62. The molecule has 1 aromatic rings. The molecule has 7 heteroatoms. The molecule has 0 saturated carbocycles. The minimum atomic E-state index is -1.01. The lowest BCUT2D eigenvalue weighted by molar-refractivity contribution is -0.135. The topological polar surface area (TPSA) is 69.7 Å². The summed E-state index contributed by atoms with van der Waals surface area (Å²) in [7, 11) is 0. The minimum absolute atomic E-state index is 0.0880. The molecule has 0 unspecified atom stereocenters. The first-order chi connectivity index (χ1) is 12.8. The van der Waals surface area contributed by atoms with Gasteiger partial charge in [-0.3, -0.25) is 14.9 Å². The normalized spacial score (nSPS) is 22.1. The van der Waals surface area contributed by atoms with Gasteiger partial charge in [-0.25, -0.2) is 9.18 Å². The average Bonchev–Trinajstić information content (AvgIpc) is 2.83. The first kappa shape index (κ1) is 19.3. The third-order valence-corrected chi connectivity index (χ3v) is 5.62. The van der Waals surface area contributed by atoms with Gasteiger partial charge in [-0.05, 0) is 63.1 Å². The average molecular weight is 375 g/mol. The summed E-state index contributed by atoms with van der Waals surface area (Å²) in [6, 6.07) is 6.02. The van der Waals surface area contributed by atoms with E-state index in [0.717, 1.165) is 31.2 Å². The number of carbonyl (C=O) groups excluding carboxylic acids is 3. The molecule has 4 amide bonds. The predicted molar refractivity (Wildman–Crippen MR) is 98.3 cm³/mol. The fourth-order valence-electron chi connectivity index (χ4n) is 3.75. The Labute approximate surface area is 158 Å². The molecule has 2 heterocycles. The van der Waals surface area contributed by atoms with Crippen molar-refractivity contribution in [2.24, 2.45) is 5.92 Å². The van der Waals surface area contributed by atoms with Gasteiger partial charge < -0.3 is 9.80 Å². The number of urea groups is 1. The Kier molecular flexibility index (Phi) is 5.48. The zero-order chi connectivity index (χ0) is 19.6. The van der Waals surface area contributed by atoms with Crippen molar-refractivity contribution >= 4 is 17.8 Å². The standard InChI is InChI=1S/C20H26FN3O3/c1-20(2)18(26)22-19(27)24(20)13-17(25)23-11-3-4-15(12-23)6-5-14-7-9-16(21)10-8-14/h7-10,15H,3-6,11-13H2,1-2H3,(H,22,26,27)/t15-/m0/s1. The van der Waals surface area contributed by atoms with Gasteiger partial charge in [0.05, 0.1) is 0 Å². The van der Waals surface area contributed by atoms with Gasteiger partial charge in [0.25, 0.3) is 5.91 Å². The number of hydrogen-bond donors (Lipinski definition) is 1. The molecular formula is C20H26FN3O3. The molecule has 146 valence electrons. The maximum atomic E-state index is 13.0. The molecule has 0 spiro atoms. The number of imide groups is 1. The SMILES string of the molecule is CC1(C)C(=O)NC(=O)N1CC(=O)N1CCC[C@@H](CCc2ccc(F)cc2)C1. The van der Waals surface area contributed by atoms with Gasteiger partial charge in [0, 0.05) is 13.1 Å². The Hall–Kier alpha value is -2.44. The van der Waals surface area contributed by atoms with E-state index in [1.54, 1.807) is 30.9 Å². The van der Waals surface area contributed by atoms with Crippen LogP contribution in [0.3, 0.4) is 0 Å². The molecule has 1 atom stereocenters. The van der Waals surface area contributed by atoms with Gasteiger partial charge in [0.2, 0.25) is 5.91 Å². The van der Waals surface area contributed by atoms with Crippen LogP contribution < -0.4 is 5.32 Å². The third kappa shape index (κ3) is 4.28. The molecule has 2 fully saturated rings. The smallest absolute Gasteiger partial charge is 0.325 e.